The molecule has 7 N–H and O–H groups in total. The van der Waals surface area contributed by atoms with Crippen molar-refractivity contribution < 1.29 is 71.0 Å². The van der Waals surface area contributed by atoms with Gasteiger partial charge in [-0.05, 0) is 44.4 Å². The number of imidazole rings is 1. The van der Waals surface area contributed by atoms with Gasteiger partial charge in [-0.1, -0.05) is 0 Å². The third kappa shape index (κ3) is 7.47. The van der Waals surface area contributed by atoms with Crippen LogP contribution >= 0.6 is 23.5 Å². The lowest BCUT2D eigenvalue weighted by atomic mass is 9.96. The second-order valence-electron chi connectivity index (χ2n) is 10.8. The van der Waals surface area contributed by atoms with Gasteiger partial charge in [-0.25, -0.2) is 33.4 Å². The van der Waals surface area contributed by atoms with Gasteiger partial charge in [0.15, 0.2) is 23.8 Å². The van der Waals surface area contributed by atoms with Crippen LogP contribution in [-0.4, -0.2) is 91.2 Å². The average Bonchev–Trinajstić information content (AvgIpc) is 3.49. The first-order chi connectivity index (χ1) is 21.0. The number of hydroxylamine groups is 2. The molecule has 0 aromatic carbocycles. The molecule has 2 aliphatic heterocycles. The molecule has 2 aromatic heterocycles. The minimum Gasteiger partial charge on any atom is -0.453 e. The lowest BCUT2D eigenvalue weighted by Gasteiger charge is -2.33. The molecular weight excluding hydrogens is 687 g/mol. The fraction of sp³-hybridized carbons (Fsp3) is 0.579. The Morgan fingerprint density at radius 2 is 1.80 bits per heavy atom. The zero-order valence-corrected chi connectivity index (χ0v) is 26.7. The monoisotopic (exact) mass is 714 g/mol. The Morgan fingerprint density at radius 1 is 1.15 bits per heavy atom. The predicted octanol–water partition coefficient (Wildman–Crippen LogP) is 1.01. The van der Waals surface area contributed by atoms with Gasteiger partial charge in [-0.15, -0.1) is 10.3 Å². The van der Waals surface area contributed by atoms with Gasteiger partial charge in [0.2, 0.25) is 5.95 Å². The smallest absolute Gasteiger partial charge is 0.453 e. The molecule has 2 aliphatic rings. The molecule has 27 heteroatoms. The number of anilines is 1. The van der Waals surface area contributed by atoms with Gasteiger partial charge in [-0.3, -0.25) is 9.09 Å². The number of carbonyl (C=O) groups excluding carboxylic acids is 1. The number of phosphoric acid groups is 3. The summed E-state index contributed by atoms with van der Waals surface area (Å²) in [6.07, 6.45) is -4.46. The first-order valence-corrected chi connectivity index (χ1v) is 17.1. The van der Waals surface area contributed by atoms with E-state index in [-0.39, 0.29) is 22.6 Å². The summed E-state index contributed by atoms with van der Waals surface area (Å²) in [6.45, 7) is 4.84. The number of nitrogens with zero attached hydrogens (tertiary/aromatic N) is 8. The maximum Gasteiger partial charge on any atom is 0.490 e. The molecule has 1 radical (unpaired) electrons. The van der Waals surface area contributed by atoms with Gasteiger partial charge < -0.3 is 39.9 Å². The van der Waals surface area contributed by atoms with Crippen LogP contribution in [0.5, 0.6) is 0 Å². The van der Waals surface area contributed by atoms with E-state index < -0.39 is 77.6 Å². The fourth-order valence-corrected chi connectivity index (χ4v) is 7.84. The van der Waals surface area contributed by atoms with Crippen LogP contribution in [0.25, 0.3) is 21.6 Å². The molecule has 4 heterocycles. The Bertz CT molecular complexity index is 1770. The largest absolute Gasteiger partial charge is 0.490 e. The number of hydrogen-bond acceptors (Lipinski definition) is 16. The SMILES string of the molecule is CC1(C)C=C(C(=O)O[C@H]2[C@@H](O)[C@H](n3cnc4c(N)nc(N=[N+]=[N-])nc43)O[C@@H]2COP(=O)(O)OP(=O)(O)OP(=O)(O)O)C(C)(C)N1[O]. The summed E-state index contributed by atoms with van der Waals surface area (Å²) in [5.74, 6) is -1.76. The van der Waals surface area contributed by atoms with Crippen LogP contribution in [0.1, 0.15) is 33.9 Å². The van der Waals surface area contributed by atoms with Crippen molar-refractivity contribution in [1.82, 2.24) is 24.6 Å². The Balaban J connectivity index is 1.67. The third-order valence-corrected chi connectivity index (χ3v) is 10.4. The van der Waals surface area contributed by atoms with Gasteiger partial charge in [0.25, 0.3) is 0 Å². The average molecular weight is 714 g/mol. The second kappa shape index (κ2) is 12.3. The molecule has 0 aliphatic carbocycles. The third-order valence-electron chi connectivity index (χ3n) is 6.62. The van der Waals surface area contributed by atoms with E-state index in [1.54, 1.807) is 13.8 Å². The van der Waals surface area contributed by atoms with Gasteiger partial charge in [0, 0.05) is 4.91 Å². The van der Waals surface area contributed by atoms with Gasteiger partial charge in [-0.2, -0.15) is 8.62 Å². The van der Waals surface area contributed by atoms with Crippen molar-refractivity contribution in [2.45, 2.75) is 63.3 Å². The summed E-state index contributed by atoms with van der Waals surface area (Å²) in [6, 6.07) is 0. The van der Waals surface area contributed by atoms with E-state index in [1.807, 2.05) is 0 Å². The van der Waals surface area contributed by atoms with Gasteiger partial charge >= 0.3 is 29.4 Å². The first kappa shape index (κ1) is 36.0. The number of phosphoric ester groups is 1. The maximum absolute atomic E-state index is 13.4. The molecule has 253 valence electrons. The number of aliphatic hydroxyl groups is 1. The number of ether oxygens (including phenoxy) is 2. The summed E-state index contributed by atoms with van der Waals surface area (Å²) in [4.78, 5) is 64.6. The minimum atomic E-state index is -5.88. The zero-order valence-electron chi connectivity index (χ0n) is 24.0. The van der Waals surface area contributed by atoms with Crippen molar-refractivity contribution in [2.24, 2.45) is 5.11 Å². The summed E-state index contributed by atoms with van der Waals surface area (Å²) in [5, 5.41) is 28.0. The number of aliphatic hydroxyl groups excluding tert-OH is 1. The molecule has 0 amide bonds. The van der Waals surface area contributed by atoms with E-state index in [9.17, 15) is 38.6 Å². The highest BCUT2D eigenvalue weighted by Gasteiger charge is 2.53. The summed E-state index contributed by atoms with van der Waals surface area (Å²) in [7, 11) is -17.2. The molecule has 46 heavy (non-hydrogen) atoms. The topological polar surface area (TPSA) is 357 Å². The quantitative estimate of drug-likeness (QED) is 0.0621. The lowest BCUT2D eigenvalue weighted by molar-refractivity contribution is -0.239. The second-order valence-corrected chi connectivity index (χ2v) is 15.2. The van der Waals surface area contributed by atoms with Crippen molar-refractivity contribution >= 4 is 52.4 Å². The number of aromatic nitrogens is 4. The number of fused-ring (bicyclic) bond motifs is 1. The summed E-state index contributed by atoms with van der Waals surface area (Å²) < 4.78 is 59.4. The highest BCUT2D eigenvalue weighted by Crippen LogP contribution is 2.66. The zero-order chi connectivity index (χ0) is 34.6. The number of esters is 1. The van der Waals surface area contributed by atoms with E-state index in [0.29, 0.717) is 5.06 Å². The fourth-order valence-electron chi connectivity index (χ4n) is 4.81. The Kier molecular flexibility index (Phi) is 9.61. The van der Waals surface area contributed by atoms with Crippen LogP contribution in [0.2, 0.25) is 0 Å². The molecule has 0 saturated carbocycles. The minimum absolute atomic E-state index is 0.0337. The number of azide groups is 1. The van der Waals surface area contributed by atoms with E-state index in [0.717, 1.165) is 10.9 Å². The van der Waals surface area contributed by atoms with Crippen molar-refractivity contribution in [3.8, 4) is 0 Å². The van der Waals surface area contributed by atoms with E-state index in [4.69, 9.17) is 30.5 Å². The van der Waals surface area contributed by atoms with Crippen LogP contribution in [-0.2, 0) is 46.3 Å². The van der Waals surface area contributed by atoms with Crippen LogP contribution in [0, 0.1) is 0 Å². The number of carbonyl (C=O) groups is 1. The van der Waals surface area contributed by atoms with Crippen molar-refractivity contribution in [2.75, 3.05) is 12.3 Å². The Hall–Kier alpha value is -2.88. The first-order valence-electron chi connectivity index (χ1n) is 12.6. The number of rotatable bonds is 11. The van der Waals surface area contributed by atoms with Gasteiger partial charge in [0.1, 0.15) is 17.7 Å². The molecule has 1 fully saturated rings. The van der Waals surface area contributed by atoms with Crippen molar-refractivity contribution in [3.05, 3.63) is 28.4 Å². The van der Waals surface area contributed by atoms with Crippen LogP contribution in [0.4, 0.5) is 11.8 Å². The standard InChI is InChI=1S/C19H27N9O15P3/c1-18(2)5-8(19(3,4)28(18)31)16(30)41-12-9(6-39-45(35,36)43-46(37,38)42-44(32,33)34)40-15(11(12)29)27-7-22-10-13(20)23-17(25-26-21)24-14(10)27/h5,7,9,11-12,15,29H,6H2,1-4H3,(H,35,36)(H,37,38)(H2,20,23,24)(H2,32,33,34)/t9-,11-,12-,15-/m1/s1. The van der Waals surface area contributed by atoms with E-state index >= 15 is 0 Å². The number of nitrogens with two attached hydrogens (primary N) is 1. The molecule has 4 rings (SSSR count). The molecule has 1 saturated heterocycles. The van der Waals surface area contributed by atoms with Crippen LogP contribution < -0.4 is 5.73 Å². The molecule has 6 atom stereocenters. The molecule has 2 unspecified atom stereocenters. The van der Waals surface area contributed by atoms with E-state index in [1.165, 1.54) is 19.9 Å². The van der Waals surface area contributed by atoms with Gasteiger partial charge in [0.05, 0.1) is 29.6 Å². The highest BCUT2D eigenvalue weighted by atomic mass is 31.3. The summed E-state index contributed by atoms with van der Waals surface area (Å²) >= 11 is 0. The molecule has 0 spiro atoms. The van der Waals surface area contributed by atoms with Crippen LogP contribution in [0.15, 0.2) is 23.1 Å². The molecule has 24 nitrogen and oxygen atoms in total. The molecule has 0 bridgehead atoms. The normalized spacial score (nSPS) is 27.0. The number of nitrogen functional groups attached to an aromatic ring is 1. The highest BCUT2D eigenvalue weighted by molar-refractivity contribution is 7.66. The molecule has 2 aromatic rings. The van der Waals surface area contributed by atoms with E-state index in [2.05, 4.69) is 38.1 Å². The predicted molar refractivity (Wildman–Crippen MR) is 147 cm³/mol. The molecular formula is C19H27N9O15P3. The Labute approximate surface area is 257 Å². The van der Waals surface area contributed by atoms with Crippen LogP contribution in [0.3, 0.4) is 0 Å². The number of hydrogen-bond donors (Lipinski definition) is 6. The Morgan fingerprint density at radius 3 is 2.37 bits per heavy atom. The lowest BCUT2D eigenvalue weighted by Crippen LogP contribution is -2.48. The van der Waals surface area contributed by atoms with Crippen molar-refractivity contribution in [3.63, 3.8) is 0 Å². The maximum atomic E-state index is 13.4. The summed E-state index contributed by atoms with van der Waals surface area (Å²) in [5.41, 5.74) is 11.8. The van der Waals surface area contributed by atoms with Crippen molar-refractivity contribution in [1.29, 1.82) is 0 Å².